The van der Waals surface area contributed by atoms with E-state index >= 15 is 0 Å². The number of benzene rings is 1. The lowest BCUT2D eigenvalue weighted by Crippen LogP contribution is -2.52. The summed E-state index contributed by atoms with van der Waals surface area (Å²) in [5.41, 5.74) is -0.946. The van der Waals surface area contributed by atoms with E-state index in [-0.39, 0.29) is 35.9 Å². The number of esters is 1. The molecule has 0 aromatic heterocycles. The number of amides is 1. The summed E-state index contributed by atoms with van der Waals surface area (Å²) < 4.78 is 36.1. The molecule has 11 heteroatoms. The van der Waals surface area contributed by atoms with Crippen LogP contribution in [0.2, 0.25) is 0 Å². The van der Waals surface area contributed by atoms with Gasteiger partial charge in [0.15, 0.2) is 9.84 Å². The molecule has 1 fully saturated rings. The number of hydrogen-bond acceptors (Lipinski definition) is 8. The average molecular weight is 457 g/mol. The van der Waals surface area contributed by atoms with Gasteiger partial charge in [0, 0.05) is 18.7 Å². The molecule has 1 aromatic carbocycles. The maximum atomic E-state index is 12.8. The van der Waals surface area contributed by atoms with E-state index in [2.05, 4.69) is 0 Å². The Morgan fingerprint density at radius 1 is 1.23 bits per heavy atom. The number of nitrogens with zero attached hydrogens (tertiary/aromatic N) is 2. The van der Waals surface area contributed by atoms with Gasteiger partial charge in [0.2, 0.25) is 0 Å². The van der Waals surface area contributed by atoms with Crippen LogP contribution in [-0.4, -0.2) is 60.9 Å². The van der Waals surface area contributed by atoms with Gasteiger partial charge >= 0.3 is 12.1 Å². The van der Waals surface area contributed by atoms with Gasteiger partial charge in [-0.3, -0.25) is 15.0 Å². The summed E-state index contributed by atoms with van der Waals surface area (Å²) in [6.45, 7) is 7.08. The molecule has 1 heterocycles. The standard InChI is InChI=1S/C20H28N2O8S/c1-5-29-18(23)17-12-14(10-11-21(17)19(24)30-20(2,3)4)13-31(27,28)16-8-6-15(7-9-16)22(25)26/h6-9,14,17H,5,10-13H2,1-4H3/t14-,17-/m1/s1. The normalized spacial score (nSPS) is 19.5. The monoisotopic (exact) mass is 456 g/mol. The number of sulfone groups is 1. The Hall–Kier alpha value is -2.69. The number of ether oxygens (including phenoxy) is 2. The molecule has 0 N–H and O–H groups in total. The highest BCUT2D eigenvalue weighted by Crippen LogP contribution is 2.29. The molecule has 0 saturated carbocycles. The fourth-order valence-electron chi connectivity index (χ4n) is 3.37. The first-order chi connectivity index (χ1) is 14.3. The molecule has 1 amide bonds. The minimum Gasteiger partial charge on any atom is -0.464 e. The van der Waals surface area contributed by atoms with Crippen LogP contribution in [0.1, 0.15) is 40.5 Å². The zero-order valence-electron chi connectivity index (χ0n) is 18.1. The maximum Gasteiger partial charge on any atom is 0.411 e. The molecule has 0 aliphatic carbocycles. The number of piperidine rings is 1. The number of non-ortho nitro benzene ring substituents is 1. The molecule has 0 radical (unpaired) electrons. The van der Waals surface area contributed by atoms with Gasteiger partial charge in [0.25, 0.3) is 5.69 Å². The molecule has 0 bridgehead atoms. The zero-order chi connectivity index (χ0) is 23.4. The van der Waals surface area contributed by atoms with E-state index in [0.717, 1.165) is 12.1 Å². The maximum absolute atomic E-state index is 12.8. The van der Waals surface area contributed by atoms with Crippen LogP contribution < -0.4 is 0 Å². The Morgan fingerprint density at radius 2 is 1.84 bits per heavy atom. The van der Waals surface area contributed by atoms with E-state index in [9.17, 15) is 28.1 Å². The highest BCUT2D eigenvalue weighted by molar-refractivity contribution is 7.91. The van der Waals surface area contributed by atoms with Crippen LogP contribution in [-0.2, 0) is 24.1 Å². The molecule has 1 saturated heterocycles. The number of nitro benzene ring substituents is 1. The molecule has 172 valence electrons. The largest absolute Gasteiger partial charge is 0.464 e. The Labute approximate surface area is 181 Å². The van der Waals surface area contributed by atoms with Crippen molar-refractivity contribution in [3.63, 3.8) is 0 Å². The lowest BCUT2D eigenvalue weighted by atomic mass is 9.92. The van der Waals surface area contributed by atoms with Gasteiger partial charge < -0.3 is 9.47 Å². The van der Waals surface area contributed by atoms with Gasteiger partial charge in [-0.1, -0.05) is 0 Å². The molecule has 10 nitrogen and oxygen atoms in total. The van der Waals surface area contributed by atoms with Gasteiger partial charge in [0.1, 0.15) is 11.6 Å². The molecule has 0 spiro atoms. The Bertz CT molecular complexity index is 921. The summed E-state index contributed by atoms with van der Waals surface area (Å²) in [6.07, 6.45) is -0.173. The van der Waals surface area contributed by atoms with Crippen molar-refractivity contribution in [2.45, 2.75) is 57.1 Å². The fourth-order valence-corrected chi connectivity index (χ4v) is 5.04. The first-order valence-electron chi connectivity index (χ1n) is 9.97. The topological polar surface area (TPSA) is 133 Å². The number of carbonyl (C=O) groups excluding carboxylic acids is 2. The van der Waals surface area contributed by atoms with Crippen molar-refractivity contribution in [1.29, 1.82) is 0 Å². The van der Waals surface area contributed by atoms with Gasteiger partial charge in [-0.25, -0.2) is 18.0 Å². The van der Waals surface area contributed by atoms with Crippen molar-refractivity contribution in [2.24, 2.45) is 5.92 Å². The van der Waals surface area contributed by atoms with Crippen molar-refractivity contribution in [3.8, 4) is 0 Å². The second-order valence-corrected chi connectivity index (χ2v) is 10.4. The third-order valence-corrected chi connectivity index (χ3v) is 6.66. The van der Waals surface area contributed by atoms with Gasteiger partial charge in [-0.2, -0.15) is 0 Å². The Morgan fingerprint density at radius 3 is 2.35 bits per heavy atom. The van der Waals surface area contributed by atoms with Crippen LogP contribution in [0.4, 0.5) is 10.5 Å². The summed E-state index contributed by atoms with van der Waals surface area (Å²) in [5.74, 6) is -1.25. The van der Waals surface area contributed by atoms with Crippen LogP contribution in [0.15, 0.2) is 29.2 Å². The van der Waals surface area contributed by atoms with Crippen LogP contribution in [0.5, 0.6) is 0 Å². The van der Waals surface area contributed by atoms with Crippen LogP contribution in [0, 0.1) is 16.0 Å². The average Bonchev–Trinajstić information content (AvgIpc) is 2.66. The smallest absolute Gasteiger partial charge is 0.411 e. The molecular weight excluding hydrogens is 428 g/mol. The third kappa shape index (κ3) is 6.65. The van der Waals surface area contributed by atoms with Crippen molar-refractivity contribution in [1.82, 2.24) is 4.90 Å². The predicted molar refractivity (Wildman–Crippen MR) is 111 cm³/mol. The molecule has 31 heavy (non-hydrogen) atoms. The predicted octanol–water partition coefficient (Wildman–Crippen LogP) is 2.95. The Kier molecular flexibility index (Phi) is 7.63. The number of carbonyl (C=O) groups is 2. The molecule has 2 rings (SSSR count). The molecular formula is C20H28N2O8S. The second-order valence-electron chi connectivity index (χ2n) is 8.36. The number of likely N-dealkylation sites (tertiary alicyclic amines) is 1. The number of hydrogen-bond donors (Lipinski definition) is 0. The molecule has 1 aromatic rings. The first-order valence-corrected chi connectivity index (χ1v) is 11.6. The highest BCUT2D eigenvalue weighted by Gasteiger charge is 2.40. The van der Waals surface area contributed by atoms with Crippen molar-refractivity contribution < 1.29 is 32.4 Å². The molecule has 2 atom stereocenters. The first kappa shape index (κ1) is 24.6. The van der Waals surface area contributed by atoms with Gasteiger partial charge in [-0.15, -0.1) is 0 Å². The molecule has 1 aliphatic heterocycles. The summed E-state index contributed by atoms with van der Waals surface area (Å²) >= 11 is 0. The quantitative estimate of drug-likeness (QED) is 0.362. The fraction of sp³-hybridized carbons (Fsp3) is 0.600. The van der Waals surface area contributed by atoms with E-state index in [1.165, 1.54) is 17.0 Å². The van der Waals surface area contributed by atoms with E-state index in [1.807, 2.05) is 0 Å². The van der Waals surface area contributed by atoms with Crippen LogP contribution >= 0.6 is 0 Å². The van der Waals surface area contributed by atoms with Gasteiger partial charge in [0.05, 0.1) is 22.2 Å². The van der Waals surface area contributed by atoms with Gasteiger partial charge in [-0.05, 0) is 58.6 Å². The minimum absolute atomic E-state index is 0.0274. The SMILES string of the molecule is CCOC(=O)[C@H]1C[C@H](CS(=O)(=O)c2ccc([N+](=O)[O-])cc2)CCN1C(=O)OC(C)(C)C. The van der Waals surface area contributed by atoms with E-state index in [4.69, 9.17) is 9.47 Å². The van der Waals surface area contributed by atoms with E-state index in [1.54, 1.807) is 27.7 Å². The summed E-state index contributed by atoms with van der Waals surface area (Å²) in [5, 5.41) is 10.8. The Balaban J connectivity index is 2.17. The number of nitro groups is 1. The summed E-state index contributed by atoms with van der Waals surface area (Å²) in [4.78, 5) is 36.5. The zero-order valence-corrected chi connectivity index (χ0v) is 18.9. The van der Waals surface area contributed by atoms with Crippen molar-refractivity contribution >= 4 is 27.6 Å². The lowest BCUT2D eigenvalue weighted by molar-refractivity contribution is -0.384. The van der Waals surface area contributed by atoms with Crippen molar-refractivity contribution in [3.05, 3.63) is 34.4 Å². The third-order valence-electron chi connectivity index (χ3n) is 4.76. The van der Waals surface area contributed by atoms with Crippen LogP contribution in [0.25, 0.3) is 0 Å². The van der Waals surface area contributed by atoms with Crippen molar-refractivity contribution in [2.75, 3.05) is 18.9 Å². The molecule has 0 unspecified atom stereocenters. The molecule has 1 aliphatic rings. The van der Waals surface area contributed by atoms with E-state index < -0.39 is 44.4 Å². The summed E-state index contributed by atoms with van der Waals surface area (Å²) in [7, 11) is -3.74. The lowest BCUT2D eigenvalue weighted by Gasteiger charge is -2.38. The van der Waals surface area contributed by atoms with Crippen LogP contribution in [0.3, 0.4) is 0 Å². The minimum atomic E-state index is -3.74. The van der Waals surface area contributed by atoms with E-state index in [0.29, 0.717) is 6.42 Å². The highest BCUT2D eigenvalue weighted by atomic mass is 32.2. The summed E-state index contributed by atoms with van der Waals surface area (Å²) in [6, 6.07) is 3.73. The second kappa shape index (κ2) is 9.63. The number of rotatable bonds is 6.